The third-order valence-electron chi connectivity index (χ3n) is 7.33. The van der Waals surface area contributed by atoms with Gasteiger partial charge < -0.3 is 25.5 Å². The average Bonchev–Trinajstić information content (AvgIpc) is 2.65. The summed E-state index contributed by atoms with van der Waals surface area (Å²) in [5, 5.41) is 22.8. The Bertz CT molecular complexity index is 821. The molecule has 2 aliphatic carbocycles. The maximum absolute atomic E-state index is 13.3. The Kier molecular flexibility index (Phi) is 5.09. The summed E-state index contributed by atoms with van der Waals surface area (Å²) in [4.78, 5) is 15.3. The van der Waals surface area contributed by atoms with E-state index in [1.165, 1.54) is 0 Å². The number of amides is 1. The normalized spacial score (nSPS) is 30.9. The predicted octanol–water partition coefficient (Wildman–Crippen LogP) is 3.34. The van der Waals surface area contributed by atoms with Crippen LogP contribution >= 0.6 is 0 Å². The van der Waals surface area contributed by atoms with Gasteiger partial charge in [-0.25, -0.2) is 0 Å². The zero-order valence-electron chi connectivity index (χ0n) is 17.9. The monoisotopic (exact) mass is 399 g/mol. The van der Waals surface area contributed by atoms with Gasteiger partial charge in [0.05, 0.1) is 12.7 Å². The van der Waals surface area contributed by atoms with Crippen LogP contribution in [0.4, 0.5) is 5.69 Å². The first-order valence-electron chi connectivity index (χ1n) is 10.7. The molecule has 2 heterocycles. The van der Waals surface area contributed by atoms with E-state index in [9.17, 15) is 9.90 Å². The van der Waals surface area contributed by atoms with Crippen molar-refractivity contribution in [3.05, 3.63) is 23.3 Å². The highest BCUT2D eigenvalue weighted by molar-refractivity contribution is 6.07. The smallest absolute Gasteiger partial charge is 0.223 e. The molecule has 6 heteroatoms. The van der Waals surface area contributed by atoms with Crippen LogP contribution in [0.15, 0.2) is 12.1 Å². The molecule has 6 nitrogen and oxygen atoms in total. The van der Waals surface area contributed by atoms with Crippen molar-refractivity contribution in [2.24, 2.45) is 11.8 Å². The SMILES string of the molecule is CNc1ccc(OC)c(C)c1C(=N)C(C)CC(=O)N1C2CC3CC1CC(O)(C3)C2. The summed E-state index contributed by atoms with van der Waals surface area (Å²) in [6.07, 6.45) is 4.72. The second-order valence-electron chi connectivity index (χ2n) is 9.37. The standard InChI is InChI=1S/C23H33N3O3/c1-13(22(24)21-14(2)19(29-4)6-5-18(21)25-3)7-20(27)26-16-8-15-9-17(26)12-23(28,10-15)11-16/h5-6,13,15-17,24-25,28H,7-12H2,1-4H3. The van der Waals surface area contributed by atoms with Gasteiger partial charge in [0.15, 0.2) is 0 Å². The third kappa shape index (κ3) is 3.41. The molecule has 2 saturated carbocycles. The van der Waals surface area contributed by atoms with E-state index in [0.29, 0.717) is 18.1 Å². The van der Waals surface area contributed by atoms with Crippen molar-refractivity contribution < 1.29 is 14.6 Å². The molecule has 3 N–H and O–H groups in total. The van der Waals surface area contributed by atoms with Gasteiger partial charge in [-0.1, -0.05) is 6.92 Å². The van der Waals surface area contributed by atoms with Crippen LogP contribution in [0.1, 0.15) is 56.6 Å². The van der Waals surface area contributed by atoms with Gasteiger partial charge in [0.25, 0.3) is 0 Å². The molecule has 4 aliphatic rings. The Labute approximate surface area is 173 Å². The van der Waals surface area contributed by atoms with Crippen molar-refractivity contribution in [3.63, 3.8) is 0 Å². The fourth-order valence-corrected chi connectivity index (χ4v) is 6.18. The molecule has 4 fully saturated rings. The number of hydrogen-bond acceptors (Lipinski definition) is 5. The van der Waals surface area contributed by atoms with E-state index in [1.807, 2.05) is 33.0 Å². The van der Waals surface area contributed by atoms with Gasteiger partial charge in [-0.3, -0.25) is 4.79 Å². The molecule has 2 saturated heterocycles. The molecule has 3 unspecified atom stereocenters. The summed E-state index contributed by atoms with van der Waals surface area (Å²) >= 11 is 0. The maximum Gasteiger partial charge on any atom is 0.223 e. The molecule has 2 aliphatic heterocycles. The summed E-state index contributed by atoms with van der Waals surface area (Å²) in [6.45, 7) is 3.92. The molecule has 0 spiro atoms. The lowest BCUT2D eigenvalue weighted by Gasteiger charge is -2.59. The minimum Gasteiger partial charge on any atom is -0.496 e. The molecule has 1 aromatic rings. The van der Waals surface area contributed by atoms with Crippen molar-refractivity contribution in [1.29, 1.82) is 5.41 Å². The summed E-state index contributed by atoms with van der Waals surface area (Å²) in [5.74, 6) is 1.25. The molecule has 5 rings (SSSR count). The van der Waals surface area contributed by atoms with E-state index < -0.39 is 5.60 Å². The molecular weight excluding hydrogens is 366 g/mol. The Morgan fingerprint density at radius 2 is 2.00 bits per heavy atom. The lowest BCUT2D eigenvalue weighted by Crippen LogP contribution is -2.65. The first kappa shape index (κ1) is 20.2. The van der Waals surface area contributed by atoms with Crippen LogP contribution in [0.5, 0.6) is 5.75 Å². The quantitative estimate of drug-likeness (QED) is 0.641. The summed E-state index contributed by atoms with van der Waals surface area (Å²) in [5.41, 5.74) is 2.53. The molecule has 4 bridgehead atoms. The number of carbonyl (C=O) groups excluding carboxylic acids is 1. The number of ether oxygens (including phenoxy) is 1. The number of anilines is 1. The molecule has 1 amide bonds. The average molecular weight is 400 g/mol. The van der Waals surface area contributed by atoms with E-state index in [4.69, 9.17) is 10.1 Å². The highest BCUT2D eigenvalue weighted by atomic mass is 16.5. The van der Waals surface area contributed by atoms with Crippen LogP contribution in [-0.4, -0.2) is 53.5 Å². The minimum absolute atomic E-state index is 0.131. The van der Waals surface area contributed by atoms with E-state index in [-0.39, 0.29) is 23.9 Å². The van der Waals surface area contributed by atoms with Gasteiger partial charge >= 0.3 is 0 Å². The molecule has 3 atom stereocenters. The molecule has 158 valence electrons. The number of aliphatic hydroxyl groups is 1. The summed E-state index contributed by atoms with van der Waals surface area (Å²) < 4.78 is 5.44. The van der Waals surface area contributed by atoms with Gasteiger partial charge in [0, 0.05) is 54.0 Å². The van der Waals surface area contributed by atoms with E-state index >= 15 is 0 Å². The van der Waals surface area contributed by atoms with Gasteiger partial charge in [-0.2, -0.15) is 0 Å². The van der Waals surface area contributed by atoms with E-state index in [0.717, 1.165) is 54.7 Å². The topological polar surface area (TPSA) is 85.7 Å². The van der Waals surface area contributed by atoms with Crippen LogP contribution < -0.4 is 10.1 Å². The zero-order valence-corrected chi connectivity index (χ0v) is 17.9. The minimum atomic E-state index is -0.551. The van der Waals surface area contributed by atoms with E-state index in [2.05, 4.69) is 10.2 Å². The van der Waals surface area contributed by atoms with Crippen molar-refractivity contribution in [2.75, 3.05) is 19.5 Å². The molecule has 0 aromatic heterocycles. The number of methoxy groups -OCH3 is 1. The van der Waals surface area contributed by atoms with Crippen LogP contribution in [0.25, 0.3) is 0 Å². The second-order valence-corrected chi connectivity index (χ2v) is 9.37. The van der Waals surface area contributed by atoms with Crippen LogP contribution in [0.3, 0.4) is 0 Å². The van der Waals surface area contributed by atoms with Gasteiger partial charge in [-0.05, 0) is 57.1 Å². The van der Waals surface area contributed by atoms with Crippen molar-refractivity contribution in [1.82, 2.24) is 4.90 Å². The highest BCUT2D eigenvalue weighted by Gasteiger charge is 2.54. The Morgan fingerprint density at radius 1 is 1.34 bits per heavy atom. The number of nitrogens with zero attached hydrogens (tertiary/aromatic N) is 1. The largest absolute Gasteiger partial charge is 0.496 e. The Hall–Kier alpha value is -2.08. The lowest BCUT2D eigenvalue weighted by molar-refractivity contribution is -0.175. The zero-order chi connectivity index (χ0) is 20.9. The van der Waals surface area contributed by atoms with Crippen molar-refractivity contribution >= 4 is 17.3 Å². The lowest BCUT2D eigenvalue weighted by atomic mass is 9.61. The summed E-state index contributed by atoms with van der Waals surface area (Å²) in [6, 6.07) is 4.17. The molecular formula is C23H33N3O3. The molecule has 29 heavy (non-hydrogen) atoms. The maximum atomic E-state index is 13.3. The first-order valence-corrected chi connectivity index (χ1v) is 10.7. The van der Waals surface area contributed by atoms with Crippen molar-refractivity contribution in [3.8, 4) is 5.75 Å². The van der Waals surface area contributed by atoms with Crippen molar-refractivity contribution in [2.45, 2.75) is 70.1 Å². The predicted molar refractivity (Wildman–Crippen MR) is 114 cm³/mol. The number of carbonyl (C=O) groups is 1. The van der Waals surface area contributed by atoms with Gasteiger partial charge in [-0.15, -0.1) is 0 Å². The van der Waals surface area contributed by atoms with Crippen LogP contribution in [0.2, 0.25) is 0 Å². The fraction of sp³-hybridized carbons (Fsp3) is 0.652. The molecule has 0 radical (unpaired) electrons. The number of nitrogens with one attached hydrogen (secondary N) is 2. The van der Waals surface area contributed by atoms with Crippen LogP contribution in [-0.2, 0) is 4.79 Å². The van der Waals surface area contributed by atoms with Crippen LogP contribution in [0, 0.1) is 24.2 Å². The highest BCUT2D eigenvalue weighted by Crippen LogP contribution is 2.51. The third-order valence-corrected chi connectivity index (χ3v) is 7.33. The first-order chi connectivity index (χ1) is 13.8. The number of hydrogen-bond donors (Lipinski definition) is 3. The second kappa shape index (κ2) is 7.31. The van der Waals surface area contributed by atoms with Gasteiger partial charge in [0.2, 0.25) is 5.91 Å². The number of piperidine rings is 2. The fourth-order valence-electron chi connectivity index (χ4n) is 6.18. The number of rotatable bonds is 6. The van der Waals surface area contributed by atoms with Gasteiger partial charge in [0.1, 0.15) is 5.75 Å². The Balaban J connectivity index is 1.51. The molecule has 1 aromatic carbocycles. The Morgan fingerprint density at radius 3 is 2.55 bits per heavy atom. The number of benzene rings is 1. The summed E-state index contributed by atoms with van der Waals surface area (Å²) in [7, 11) is 3.48. The van der Waals surface area contributed by atoms with E-state index in [1.54, 1.807) is 7.11 Å².